The summed E-state index contributed by atoms with van der Waals surface area (Å²) < 4.78 is 4.21. The van der Waals surface area contributed by atoms with Gasteiger partial charge in [-0.05, 0) is 31.9 Å². The van der Waals surface area contributed by atoms with Crippen LogP contribution in [-0.4, -0.2) is 25.4 Å². The largest absolute Gasteiger partial charge is 0.329 e. The normalized spacial score (nSPS) is 13.8. The van der Waals surface area contributed by atoms with Gasteiger partial charge in [0.25, 0.3) is 0 Å². The van der Waals surface area contributed by atoms with E-state index in [1.807, 2.05) is 29.3 Å². The van der Waals surface area contributed by atoms with Gasteiger partial charge in [-0.3, -0.25) is 4.68 Å². The van der Waals surface area contributed by atoms with E-state index in [1.54, 1.807) is 0 Å². The van der Waals surface area contributed by atoms with Gasteiger partial charge in [-0.2, -0.15) is 5.10 Å². The molecule has 1 N–H and O–H groups in total. The molecule has 0 spiro atoms. The minimum absolute atomic E-state index is 0.288. The second-order valence-electron chi connectivity index (χ2n) is 6.36. The number of nitrogens with one attached hydrogen (secondary N) is 1. The van der Waals surface area contributed by atoms with Crippen LogP contribution < -0.4 is 5.32 Å². The van der Waals surface area contributed by atoms with Crippen LogP contribution in [-0.2, 0) is 13.1 Å². The first-order valence-electron chi connectivity index (χ1n) is 8.41. The highest BCUT2D eigenvalue weighted by Crippen LogP contribution is 2.12. The van der Waals surface area contributed by atoms with Gasteiger partial charge in [-0.25, -0.2) is 4.98 Å². The molecule has 126 valence electrons. The number of hydrogen-bond donors (Lipinski definition) is 1. The number of nitrogens with zero attached hydrogens (tertiary/aromatic N) is 4. The molecule has 0 radical (unpaired) electrons. The van der Waals surface area contributed by atoms with Gasteiger partial charge in [0.05, 0.1) is 18.8 Å². The molecule has 2 atom stereocenters. The van der Waals surface area contributed by atoms with Crippen molar-refractivity contribution < 1.29 is 0 Å². The first-order valence-corrected chi connectivity index (χ1v) is 8.41. The van der Waals surface area contributed by atoms with Crippen molar-refractivity contribution in [3.63, 3.8) is 0 Å². The second-order valence-corrected chi connectivity index (χ2v) is 6.36. The van der Waals surface area contributed by atoms with Crippen LogP contribution in [0.4, 0.5) is 0 Å². The first-order chi connectivity index (χ1) is 11.6. The van der Waals surface area contributed by atoms with E-state index in [0.29, 0.717) is 6.04 Å². The number of aryl methyl sites for hydroxylation is 1. The summed E-state index contributed by atoms with van der Waals surface area (Å²) in [7, 11) is 0. The summed E-state index contributed by atoms with van der Waals surface area (Å²) in [5.74, 6) is 1.05. The van der Waals surface area contributed by atoms with E-state index in [-0.39, 0.29) is 6.04 Å². The second kappa shape index (κ2) is 7.45. The number of hydrogen-bond acceptors (Lipinski definition) is 3. The van der Waals surface area contributed by atoms with Crippen molar-refractivity contribution in [1.82, 2.24) is 24.6 Å². The highest BCUT2D eigenvalue weighted by atomic mass is 15.3. The van der Waals surface area contributed by atoms with Crippen molar-refractivity contribution in [2.45, 2.75) is 45.9 Å². The molecular weight excluding hydrogens is 298 g/mol. The van der Waals surface area contributed by atoms with E-state index in [9.17, 15) is 0 Å². The Morgan fingerprint density at radius 3 is 2.67 bits per heavy atom. The lowest BCUT2D eigenvalue weighted by molar-refractivity contribution is 0.360. The number of aromatic nitrogens is 4. The standard InChI is InChI=1S/C19H25N5/c1-15-11-22-24(13-15)17(3)16(2)21-12-19-20-9-10-23(19)14-18-7-5-4-6-8-18/h4-11,13,16-17,21H,12,14H2,1-3H3/t16-,17-/m0/s1. The van der Waals surface area contributed by atoms with Gasteiger partial charge in [0.2, 0.25) is 0 Å². The molecular formula is C19H25N5. The van der Waals surface area contributed by atoms with E-state index < -0.39 is 0 Å². The summed E-state index contributed by atoms with van der Waals surface area (Å²) in [5, 5.41) is 7.99. The highest BCUT2D eigenvalue weighted by Gasteiger charge is 2.15. The fourth-order valence-electron chi connectivity index (χ4n) is 2.74. The van der Waals surface area contributed by atoms with Gasteiger partial charge < -0.3 is 9.88 Å². The van der Waals surface area contributed by atoms with Crippen LogP contribution >= 0.6 is 0 Å². The van der Waals surface area contributed by atoms with E-state index >= 15 is 0 Å². The van der Waals surface area contributed by atoms with Gasteiger partial charge >= 0.3 is 0 Å². The third-order valence-electron chi connectivity index (χ3n) is 4.45. The molecule has 0 bridgehead atoms. The van der Waals surface area contributed by atoms with Crippen LogP contribution in [0.25, 0.3) is 0 Å². The zero-order chi connectivity index (χ0) is 16.9. The topological polar surface area (TPSA) is 47.7 Å². The fourth-order valence-corrected chi connectivity index (χ4v) is 2.74. The maximum absolute atomic E-state index is 4.50. The summed E-state index contributed by atoms with van der Waals surface area (Å²) in [6, 6.07) is 11.0. The minimum Gasteiger partial charge on any atom is -0.329 e. The van der Waals surface area contributed by atoms with Gasteiger partial charge in [0, 0.05) is 31.2 Å². The van der Waals surface area contributed by atoms with E-state index in [2.05, 4.69) is 71.2 Å². The maximum atomic E-state index is 4.50. The summed E-state index contributed by atoms with van der Waals surface area (Å²) in [4.78, 5) is 4.50. The Kier molecular flexibility index (Phi) is 5.11. The maximum Gasteiger partial charge on any atom is 0.122 e. The average Bonchev–Trinajstić information content (AvgIpc) is 3.22. The first kappa shape index (κ1) is 16.5. The average molecular weight is 323 g/mol. The highest BCUT2D eigenvalue weighted by molar-refractivity contribution is 5.15. The number of benzene rings is 1. The Labute approximate surface area is 143 Å². The van der Waals surface area contributed by atoms with Crippen molar-refractivity contribution in [3.8, 4) is 0 Å². The molecule has 0 aliphatic carbocycles. The SMILES string of the molecule is Cc1cnn([C@@H](C)[C@H](C)NCc2nccn2Cc2ccccc2)c1. The number of rotatable bonds is 7. The molecule has 5 nitrogen and oxygen atoms in total. The van der Waals surface area contributed by atoms with Crippen molar-refractivity contribution in [3.05, 3.63) is 72.1 Å². The summed E-state index contributed by atoms with van der Waals surface area (Å²) in [6.45, 7) is 8.02. The Balaban J connectivity index is 1.60. The molecule has 0 saturated carbocycles. The third kappa shape index (κ3) is 3.92. The summed E-state index contributed by atoms with van der Waals surface area (Å²) in [5.41, 5.74) is 2.47. The van der Waals surface area contributed by atoms with Gasteiger partial charge in [-0.15, -0.1) is 0 Å². The Morgan fingerprint density at radius 2 is 1.96 bits per heavy atom. The summed E-state index contributed by atoms with van der Waals surface area (Å²) >= 11 is 0. The lowest BCUT2D eigenvalue weighted by Gasteiger charge is -2.22. The van der Waals surface area contributed by atoms with Gasteiger partial charge in [-0.1, -0.05) is 30.3 Å². The van der Waals surface area contributed by atoms with Crippen LogP contribution in [0.5, 0.6) is 0 Å². The lowest BCUT2D eigenvalue weighted by Crippen LogP contribution is -2.34. The molecule has 0 unspecified atom stereocenters. The zero-order valence-corrected chi connectivity index (χ0v) is 14.6. The molecule has 0 amide bonds. The van der Waals surface area contributed by atoms with Crippen molar-refractivity contribution in [1.29, 1.82) is 0 Å². The molecule has 2 aromatic heterocycles. The van der Waals surface area contributed by atoms with Crippen molar-refractivity contribution in [2.24, 2.45) is 0 Å². The molecule has 1 aromatic carbocycles. The van der Waals surface area contributed by atoms with Crippen molar-refractivity contribution in [2.75, 3.05) is 0 Å². The molecule has 3 aromatic rings. The van der Waals surface area contributed by atoms with Crippen LogP contribution in [0.15, 0.2) is 55.1 Å². The quantitative estimate of drug-likeness (QED) is 0.726. The minimum atomic E-state index is 0.288. The van der Waals surface area contributed by atoms with Crippen LogP contribution in [0.1, 0.15) is 36.8 Å². The molecule has 3 rings (SSSR count). The number of imidazole rings is 1. The molecule has 0 aliphatic heterocycles. The Bertz CT molecular complexity index is 759. The van der Waals surface area contributed by atoms with Gasteiger partial charge in [0.15, 0.2) is 0 Å². The Morgan fingerprint density at radius 1 is 1.17 bits per heavy atom. The van der Waals surface area contributed by atoms with Crippen LogP contribution in [0.2, 0.25) is 0 Å². The van der Waals surface area contributed by atoms with E-state index in [1.165, 1.54) is 11.1 Å². The molecule has 0 aliphatic rings. The van der Waals surface area contributed by atoms with E-state index in [0.717, 1.165) is 18.9 Å². The third-order valence-corrected chi connectivity index (χ3v) is 4.45. The van der Waals surface area contributed by atoms with Crippen molar-refractivity contribution >= 4 is 0 Å². The molecule has 0 saturated heterocycles. The predicted octanol–water partition coefficient (Wildman–Crippen LogP) is 3.18. The predicted molar refractivity (Wildman–Crippen MR) is 95.7 cm³/mol. The smallest absolute Gasteiger partial charge is 0.122 e. The van der Waals surface area contributed by atoms with Gasteiger partial charge in [0.1, 0.15) is 5.82 Å². The fraction of sp³-hybridized carbons (Fsp3) is 0.368. The Hall–Kier alpha value is -2.40. The van der Waals surface area contributed by atoms with E-state index in [4.69, 9.17) is 0 Å². The van der Waals surface area contributed by atoms with Crippen LogP contribution in [0, 0.1) is 6.92 Å². The molecule has 24 heavy (non-hydrogen) atoms. The zero-order valence-electron chi connectivity index (χ0n) is 14.6. The molecule has 2 heterocycles. The monoisotopic (exact) mass is 323 g/mol. The molecule has 0 fully saturated rings. The molecule has 5 heteroatoms. The summed E-state index contributed by atoms with van der Waals surface area (Å²) in [6.07, 6.45) is 7.88. The lowest BCUT2D eigenvalue weighted by atomic mass is 10.1. The van der Waals surface area contributed by atoms with Crippen LogP contribution in [0.3, 0.4) is 0 Å².